The lowest BCUT2D eigenvalue weighted by Crippen LogP contribution is -2.52. The molecule has 1 saturated carbocycles. The third kappa shape index (κ3) is 8.71. The van der Waals surface area contributed by atoms with Crippen molar-refractivity contribution in [2.75, 3.05) is 17.1 Å². The number of carbonyl (C=O) groups is 2. The molecule has 0 bridgehead atoms. The van der Waals surface area contributed by atoms with Gasteiger partial charge in [-0.1, -0.05) is 61.2 Å². The van der Waals surface area contributed by atoms with E-state index >= 15 is 0 Å². The van der Waals surface area contributed by atoms with Crippen LogP contribution in [0.4, 0.5) is 5.69 Å². The summed E-state index contributed by atoms with van der Waals surface area (Å²) in [7, 11) is -3.84. The maximum atomic E-state index is 13.8. The fourth-order valence-electron chi connectivity index (χ4n) is 4.90. The number of hydrogen-bond donors (Lipinski definition) is 1. The Balaban J connectivity index is 1.55. The number of sulfonamides is 1. The second-order valence-electron chi connectivity index (χ2n) is 10.3. The Morgan fingerprint density at radius 1 is 0.951 bits per heavy atom. The Morgan fingerprint density at radius 3 is 2.24 bits per heavy atom. The van der Waals surface area contributed by atoms with E-state index in [0.29, 0.717) is 22.2 Å². The molecule has 0 spiro atoms. The van der Waals surface area contributed by atoms with Gasteiger partial charge in [-0.2, -0.15) is 0 Å². The highest BCUT2D eigenvalue weighted by molar-refractivity contribution is 7.92. The van der Waals surface area contributed by atoms with Gasteiger partial charge in [0.2, 0.25) is 21.8 Å². The third-order valence-corrected chi connectivity index (χ3v) is 8.52. The van der Waals surface area contributed by atoms with Crippen molar-refractivity contribution < 1.29 is 22.7 Å². The number of rotatable bonds is 11. The lowest BCUT2D eigenvalue weighted by Gasteiger charge is -2.33. The average Bonchev–Trinajstić information content (AvgIpc) is 2.95. The number of benzene rings is 3. The first-order valence-corrected chi connectivity index (χ1v) is 16.0. The largest absolute Gasteiger partial charge is 0.457 e. The summed E-state index contributed by atoms with van der Waals surface area (Å²) in [5.74, 6) is 0.398. The topological polar surface area (TPSA) is 96.0 Å². The fourth-order valence-corrected chi connectivity index (χ4v) is 5.96. The molecule has 0 radical (unpaired) electrons. The van der Waals surface area contributed by atoms with Crippen LogP contribution in [0.2, 0.25) is 5.02 Å². The molecule has 218 valence electrons. The predicted octanol–water partition coefficient (Wildman–Crippen LogP) is 5.76. The predicted molar refractivity (Wildman–Crippen MR) is 162 cm³/mol. The van der Waals surface area contributed by atoms with Crippen LogP contribution in [0.5, 0.6) is 11.5 Å². The highest BCUT2D eigenvalue weighted by Gasteiger charge is 2.31. The minimum Gasteiger partial charge on any atom is -0.457 e. The monoisotopic (exact) mass is 597 g/mol. The molecule has 4 rings (SSSR count). The van der Waals surface area contributed by atoms with Crippen LogP contribution in [0.25, 0.3) is 0 Å². The van der Waals surface area contributed by atoms with Crippen molar-refractivity contribution in [2.24, 2.45) is 0 Å². The van der Waals surface area contributed by atoms with E-state index in [9.17, 15) is 18.0 Å². The second kappa shape index (κ2) is 13.9. The molecule has 1 N–H and O–H groups in total. The molecule has 10 heteroatoms. The minimum atomic E-state index is -3.84. The summed E-state index contributed by atoms with van der Waals surface area (Å²) in [5, 5.41) is 3.59. The fraction of sp³-hybridized carbons (Fsp3) is 0.355. The number of nitrogens with zero attached hydrogens (tertiary/aromatic N) is 2. The zero-order valence-electron chi connectivity index (χ0n) is 23.3. The van der Waals surface area contributed by atoms with Gasteiger partial charge in [0.1, 0.15) is 24.1 Å². The zero-order valence-corrected chi connectivity index (χ0v) is 24.9. The molecule has 1 aliphatic rings. The molecule has 0 aliphatic heterocycles. The summed E-state index contributed by atoms with van der Waals surface area (Å²) < 4.78 is 32.6. The normalized spacial score (nSPS) is 14.6. The summed E-state index contributed by atoms with van der Waals surface area (Å²) in [6.07, 6.45) is 6.14. The standard InChI is InChI=1S/C31H36ClN3O5S/c1-23(31(37)33-26-12-5-3-6-13-26)34(21-24-10-9-11-25(32)20-24)30(36)22-35(41(2,38)39)27-16-18-29(19-17-27)40-28-14-7-4-8-15-28/h4,7-11,14-20,23,26H,3,5-6,12-13,21-22H2,1-2H3,(H,33,37). The van der Waals surface area contributed by atoms with Crippen LogP contribution in [-0.4, -0.2) is 50.0 Å². The molecule has 1 aliphatic carbocycles. The van der Waals surface area contributed by atoms with Crippen molar-refractivity contribution in [1.82, 2.24) is 10.2 Å². The van der Waals surface area contributed by atoms with Crippen molar-refractivity contribution in [3.05, 3.63) is 89.4 Å². The summed E-state index contributed by atoms with van der Waals surface area (Å²) >= 11 is 6.19. The number of carbonyl (C=O) groups excluding carboxylic acids is 2. The summed E-state index contributed by atoms with van der Waals surface area (Å²) in [5.41, 5.74) is 1.04. The maximum absolute atomic E-state index is 13.8. The number of halogens is 1. The van der Waals surface area contributed by atoms with Crippen LogP contribution in [0, 0.1) is 0 Å². The molecule has 1 unspecified atom stereocenters. The van der Waals surface area contributed by atoms with Crippen LogP contribution in [0.1, 0.15) is 44.6 Å². The smallest absolute Gasteiger partial charge is 0.244 e. The van der Waals surface area contributed by atoms with E-state index in [4.69, 9.17) is 16.3 Å². The first-order chi connectivity index (χ1) is 19.6. The third-order valence-electron chi connectivity index (χ3n) is 7.14. The molecule has 0 aromatic heterocycles. The maximum Gasteiger partial charge on any atom is 0.244 e. The van der Waals surface area contributed by atoms with Crippen LogP contribution in [0.15, 0.2) is 78.9 Å². The van der Waals surface area contributed by atoms with Crippen LogP contribution in [-0.2, 0) is 26.2 Å². The van der Waals surface area contributed by atoms with Gasteiger partial charge in [0.05, 0.1) is 11.9 Å². The Morgan fingerprint density at radius 2 is 1.61 bits per heavy atom. The molecule has 0 saturated heterocycles. The van der Waals surface area contributed by atoms with Gasteiger partial charge in [0.25, 0.3) is 0 Å². The van der Waals surface area contributed by atoms with E-state index in [1.807, 2.05) is 36.4 Å². The van der Waals surface area contributed by atoms with Crippen molar-refractivity contribution in [2.45, 2.75) is 57.7 Å². The van der Waals surface area contributed by atoms with Gasteiger partial charge in [0, 0.05) is 17.6 Å². The van der Waals surface area contributed by atoms with E-state index in [1.54, 1.807) is 49.4 Å². The number of para-hydroxylation sites is 1. The zero-order chi connectivity index (χ0) is 29.4. The number of nitrogens with one attached hydrogen (secondary N) is 1. The van der Waals surface area contributed by atoms with Gasteiger partial charge in [-0.25, -0.2) is 8.42 Å². The Labute approximate surface area is 247 Å². The van der Waals surface area contributed by atoms with E-state index in [1.165, 1.54) is 4.90 Å². The number of amides is 2. The first kappa shape index (κ1) is 30.4. The van der Waals surface area contributed by atoms with E-state index in [0.717, 1.165) is 48.2 Å². The van der Waals surface area contributed by atoms with Crippen LogP contribution in [0.3, 0.4) is 0 Å². The van der Waals surface area contributed by atoms with Gasteiger partial charge in [-0.15, -0.1) is 0 Å². The molecule has 0 heterocycles. The van der Waals surface area contributed by atoms with Crippen molar-refractivity contribution in [3.63, 3.8) is 0 Å². The Kier molecular flexibility index (Phi) is 10.3. The number of hydrogen-bond acceptors (Lipinski definition) is 5. The lowest BCUT2D eigenvalue weighted by atomic mass is 9.95. The molecule has 1 fully saturated rings. The van der Waals surface area contributed by atoms with Crippen molar-refractivity contribution >= 4 is 39.1 Å². The van der Waals surface area contributed by atoms with Crippen molar-refractivity contribution in [1.29, 1.82) is 0 Å². The SMILES string of the molecule is CC(C(=O)NC1CCCCC1)N(Cc1cccc(Cl)c1)C(=O)CN(c1ccc(Oc2ccccc2)cc1)S(C)(=O)=O. The number of ether oxygens (including phenoxy) is 1. The average molecular weight is 598 g/mol. The molecule has 3 aromatic rings. The van der Waals surface area contributed by atoms with E-state index in [-0.39, 0.29) is 18.5 Å². The highest BCUT2D eigenvalue weighted by Crippen LogP contribution is 2.26. The number of anilines is 1. The Hall–Kier alpha value is -3.56. The molecule has 8 nitrogen and oxygen atoms in total. The van der Waals surface area contributed by atoms with Gasteiger partial charge in [-0.3, -0.25) is 13.9 Å². The molecule has 1 atom stereocenters. The Bertz CT molecular complexity index is 1430. The van der Waals surface area contributed by atoms with Gasteiger partial charge in [-0.05, 0) is 73.9 Å². The molecule has 2 amide bonds. The quantitative estimate of drug-likeness (QED) is 0.303. The van der Waals surface area contributed by atoms with Crippen LogP contribution < -0.4 is 14.4 Å². The van der Waals surface area contributed by atoms with Gasteiger partial charge < -0.3 is 15.0 Å². The molecule has 41 heavy (non-hydrogen) atoms. The second-order valence-corrected chi connectivity index (χ2v) is 12.7. The lowest BCUT2D eigenvalue weighted by molar-refractivity contribution is -0.139. The van der Waals surface area contributed by atoms with Crippen LogP contribution >= 0.6 is 11.6 Å². The molecule has 3 aromatic carbocycles. The highest BCUT2D eigenvalue weighted by atomic mass is 35.5. The summed E-state index contributed by atoms with van der Waals surface area (Å²) in [6, 6.07) is 22.0. The molecular weight excluding hydrogens is 562 g/mol. The van der Waals surface area contributed by atoms with E-state index < -0.39 is 28.5 Å². The van der Waals surface area contributed by atoms with E-state index in [2.05, 4.69) is 5.32 Å². The minimum absolute atomic E-state index is 0.0750. The summed E-state index contributed by atoms with van der Waals surface area (Å²) in [4.78, 5) is 28.5. The van der Waals surface area contributed by atoms with Crippen molar-refractivity contribution in [3.8, 4) is 11.5 Å². The van der Waals surface area contributed by atoms with Gasteiger partial charge >= 0.3 is 0 Å². The molecular formula is C31H36ClN3O5S. The first-order valence-electron chi connectivity index (χ1n) is 13.7. The van der Waals surface area contributed by atoms with Gasteiger partial charge in [0.15, 0.2) is 0 Å². The summed E-state index contributed by atoms with van der Waals surface area (Å²) in [6.45, 7) is 1.29.